The maximum absolute atomic E-state index is 13.3. The van der Waals surface area contributed by atoms with Crippen molar-refractivity contribution < 1.29 is 13.9 Å². The first-order chi connectivity index (χ1) is 16.1. The lowest BCUT2D eigenvalue weighted by Crippen LogP contribution is -2.35. The van der Waals surface area contributed by atoms with E-state index in [2.05, 4.69) is 16.3 Å². The minimum Gasteiger partial charge on any atom is -0.497 e. The SMILES string of the molecule is COc1ccc(-c2nnc(SC(C)C(=O)N3CCc4ccccc43)n2Cc2ccco2)cc1. The van der Waals surface area contributed by atoms with Gasteiger partial charge in [0.15, 0.2) is 11.0 Å². The van der Waals surface area contributed by atoms with Gasteiger partial charge in [0, 0.05) is 17.8 Å². The molecule has 1 aliphatic heterocycles. The smallest absolute Gasteiger partial charge is 0.240 e. The fourth-order valence-corrected chi connectivity index (χ4v) is 4.94. The van der Waals surface area contributed by atoms with Crippen molar-refractivity contribution in [2.75, 3.05) is 18.6 Å². The van der Waals surface area contributed by atoms with E-state index in [1.54, 1.807) is 13.4 Å². The number of para-hydroxylation sites is 1. The first-order valence-corrected chi connectivity index (χ1v) is 11.7. The van der Waals surface area contributed by atoms with Crippen molar-refractivity contribution >= 4 is 23.4 Å². The lowest BCUT2D eigenvalue weighted by Gasteiger charge is -2.21. The monoisotopic (exact) mass is 460 g/mol. The summed E-state index contributed by atoms with van der Waals surface area (Å²) in [6.45, 7) is 3.10. The number of carbonyl (C=O) groups is 1. The van der Waals surface area contributed by atoms with Gasteiger partial charge in [-0.25, -0.2) is 0 Å². The number of carbonyl (C=O) groups excluding carboxylic acids is 1. The van der Waals surface area contributed by atoms with Gasteiger partial charge in [-0.15, -0.1) is 10.2 Å². The minimum atomic E-state index is -0.320. The summed E-state index contributed by atoms with van der Waals surface area (Å²) in [5.74, 6) is 2.35. The Labute approximate surface area is 196 Å². The summed E-state index contributed by atoms with van der Waals surface area (Å²) in [5.41, 5.74) is 3.13. The predicted molar refractivity (Wildman–Crippen MR) is 128 cm³/mol. The van der Waals surface area contributed by atoms with E-state index >= 15 is 0 Å². The number of rotatable bonds is 7. The number of methoxy groups -OCH3 is 1. The molecule has 1 amide bonds. The van der Waals surface area contributed by atoms with Gasteiger partial charge >= 0.3 is 0 Å². The summed E-state index contributed by atoms with van der Waals surface area (Å²) in [6.07, 6.45) is 2.53. The van der Waals surface area contributed by atoms with Crippen LogP contribution in [-0.4, -0.2) is 39.6 Å². The lowest BCUT2D eigenvalue weighted by molar-refractivity contribution is -0.117. The number of nitrogens with zero attached hydrogens (tertiary/aromatic N) is 4. The molecule has 7 nitrogen and oxygen atoms in total. The Kier molecular flexibility index (Phi) is 5.92. The molecule has 2 aromatic heterocycles. The quantitative estimate of drug-likeness (QED) is 0.373. The molecule has 0 spiro atoms. The normalized spacial score (nSPS) is 13.7. The lowest BCUT2D eigenvalue weighted by atomic mass is 10.2. The molecule has 5 rings (SSSR count). The zero-order valence-electron chi connectivity index (χ0n) is 18.5. The van der Waals surface area contributed by atoms with Crippen LogP contribution in [0.1, 0.15) is 18.2 Å². The highest BCUT2D eigenvalue weighted by Crippen LogP contribution is 2.33. The fourth-order valence-electron chi connectivity index (χ4n) is 4.03. The number of fused-ring (bicyclic) bond motifs is 1. The van der Waals surface area contributed by atoms with Crippen molar-refractivity contribution in [2.45, 2.75) is 30.3 Å². The second-order valence-electron chi connectivity index (χ2n) is 7.83. The number of hydrogen-bond acceptors (Lipinski definition) is 6. The molecule has 0 fully saturated rings. The Bertz CT molecular complexity index is 1250. The van der Waals surface area contributed by atoms with Crippen molar-refractivity contribution in [2.24, 2.45) is 0 Å². The summed E-state index contributed by atoms with van der Waals surface area (Å²) in [4.78, 5) is 15.2. The van der Waals surface area contributed by atoms with E-state index in [1.165, 1.54) is 17.3 Å². The number of anilines is 1. The van der Waals surface area contributed by atoms with Gasteiger partial charge in [-0.05, 0) is 61.4 Å². The highest BCUT2D eigenvalue weighted by molar-refractivity contribution is 8.00. The molecule has 0 aliphatic carbocycles. The van der Waals surface area contributed by atoms with Crippen LogP contribution >= 0.6 is 11.8 Å². The third-order valence-electron chi connectivity index (χ3n) is 5.74. The maximum atomic E-state index is 13.3. The average molecular weight is 461 g/mol. The molecule has 3 heterocycles. The molecular weight excluding hydrogens is 436 g/mol. The number of amides is 1. The number of hydrogen-bond donors (Lipinski definition) is 0. The first-order valence-electron chi connectivity index (χ1n) is 10.8. The van der Waals surface area contributed by atoms with Crippen LogP contribution < -0.4 is 9.64 Å². The summed E-state index contributed by atoms with van der Waals surface area (Å²) in [6, 6.07) is 19.6. The van der Waals surface area contributed by atoms with Crippen LogP contribution in [0.5, 0.6) is 5.75 Å². The highest BCUT2D eigenvalue weighted by atomic mass is 32.2. The number of furan rings is 1. The van der Waals surface area contributed by atoms with Crippen molar-refractivity contribution in [3.63, 3.8) is 0 Å². The summed E-state index contributed by atoms with van der Waals surface area (Å²) in [5, 5.41) is 9.25. The van der Waals surface area contributed by atoms with Gasteiger partial charge in [0.2, 0.25) is 5.91 Å². The largest absolute Gasteiger partial charge is 0.497 e. The van der Waals surface area contributed by atoms with Gasteiger partial charge in [0.25, 0.3) is 0 Å². The average Bonchev–Trinajstić information content (AvgIpc) is 3.60. The van der Waals surface area contributed by atoms with Gasteiger partial charge in [-0.2, -0.15) is 0 Å². The van der Waals surface area contributed by atoms with Crippen LogP contribution in [0.15, 0.2) is 76.5 Å². The standard InChI is InChI=1S/C25H24N4O3S/c1-17(24(30)28-14-13-18-6-3-4-8-22(18)28)33-25-27-26-23(19-9-11-20(31-2)12-10-19)29(25)16-21-7-5-15-32-21/h3-12,15,17H,13-14,16H2,1-2H3. The molecule has 168 valence electrons. The molecule has 2 aromatic carbocycles. The topological polar surface area (TPSA) is 73.4 Å². The molecule has 0 radical (unpaired) electrons. The molecule has 0 saturated heterocycles. The maximum Gasteiger partial charge on any atom is 0.240 e. The highest BCUT2D eigenvalue weighted by Gasteiger charge is 2.30. The Balaban J connectivity index is 1.42. The third kappa shape index (κ3) is 4.26. The van der Waals surface area contributed by atoms with Gasteiger partial charge in [-0.1, -0.05) is 30.0 Å². The number of benzene rings is 2. The molecule has 0 N–H and O–H groups in total. The van der Waals surface area contributed by atoms with E-state index in [-0.39, 0.29) is 11.2 Å². The Hall–Kier alpha value is -3.52. The molecule has 1 unspecified atom stereocenters. The molecular formula is C25H24N4O3S. The van der Waals surface area contributed by atoms with Crippen LogP contribution in [-0.2, 0) is 17.8 Å². The van der Waals surface area contributed by atoms with Crippen LogP contribution in [0.2, 0.25) is 0 Å². The Morgan fingerprint density at radius 1 is 1.12 bits per heavy atom. The van der Waals surface area contributed by atoms with E-state index in [1.807, 2.05) is 71.0 Å². The van der Waals surface area contributed by atoms with Crippen LogP contribution in [0.3, 0.4) is 0 Å². The molecule has 0 bridgehead atoms. The third-order valence-corrected chi connectivity index (χ3v) is 6.81. The molecule has 4 aromatic rings. The zero-order chi connectivity index (χ0) is 22.8. The second-order valence-corrected chi connectivity index (χ2v) is 9.14. The molecule has 33 heavy (non-hydrogen) atoms. The zero-order valence-corrected chi connectivity index (χ0v) is 19.3. The van der Waals surface area contributed by atoms with E-state index in [9.17, 15) is 4.79 Å². The first kappa shape index (κ1) is 21.3. The predicted octanol–water partition coefficient (Wildman–Crippen LogP) is 4.66. The van der Waals surface area contributed by atoms with Crippen molar-refractivity contribution in [3.05, 3.63) is 78.3 Å². The summed E-state index contributed by atoms with van der Waals surface area (Å²) < 4.78 is 12.8. The summed E-state index contributed by atoms with van der Waals surface area (Å²) >= 11 is 1.42. The number of aromatic nitrogens is 3. The van der Waals surface area contributed by atoms with Gasteiger partial charge in [0.05, 0.1) is 25.2 Å². The second kappa shape index (κ2) is 9.15. The molecule has 1 aliphatic rings. The van der Waals surface area contributed by atoms with E-state index in [4.69, 9.17) is 9.15 Å². The van der Waals surface area contributed by atoms with E-state index in [0.717, 1.165) is 29.2 Å². The number of thioether (sulfide) groups is 1. The minimum absolute atomic E-state index is 0.0727. The van der Waals surface area contributed by atoms with Gasteiger partial charge in [0.1, 0.15) is 11.5 Å². The van der Waals surface area contributed by atoms with Gasteiger partial charge in [-0.3, -0.25) is 9.36 Å². The van der Waals surface area contributed by atoms with Crippen LogP contribution in [0, 0.1) is 0 Å². The fraction of sp³-hybridized carbons (Fsp3) is 0.240. The van der Waals surface area contributed by atoms with E-state index < -0.39 is 0 Å². The molecule has 1 atom stereocenters. The van der Waals surface area contributed by atoms with Crippen LogP contribution in [0.4, 0.5) is 5.69 Å². The Morgan fingerprint density at radius 3 is 2.70 bits per heavy atom. The van der Waals surface area contributed by atoms with Crippen LogP contribution in [0.25, 0.3) is 11.4 Å². The van der Waals surface area contributed by atoms with Gasteiger partial charge < -0.3 is 14.1 Å². The molecule has 0 saturated carbocycles. The Morgan fingerprint density at radius 2 is 1.94 bits per heavy atom. The van der Waals surface area contributed by atoms with Crippen molar-refractivity contribution in [3.8, 4) is 17.1 Å². The van der Waals surface area contributed by atoms with Crippen molar-refractivity contribution in [1.82, 2.24) is 14.8 Å². The van der Waals surface area contributed by atoms with Crippen molar-refractivity contribution in [1.29, 1.82) is 0 Å². The van der Waals surface area contributed by atoms with E-state index in [0.29, 0.717) is 24.1 Å². The number of ether oxygens (including phenoxy) is 1. The summed E-state index contributed by atoms with van der Waals surface area (Å²) in [7, 11) is 1.64. The molecule has 8 heteroatoms.